The molecule has 1 N–H and O–H groups in total. The molecule has 0 saturated heterocycles. The summed E-state index contributed by atoms with van der Waals surface area (Å²) in [5.41, 5.74) is 1.16. The van der Waals surface area contributed by atoms with E-state index in [9.17, 15) is 13.6 Å². The zero-order chi connectivity index (χ0) is 14.7. The van der Waals surface area contributed by atoms with Gasteiger partial charge in [-0.1, -0.05) is 6.07 Å². The Balaban J connectivity index is 2.17. The van der Waals surface area contributed by atoms with Gasteiger partial charge in [-0.3, -0.25) is 9.78 Å². The Bertz CT molecular complexity index is 646. The van der Waals surface area contributed by atoms with Gasteiger partial charge in [-0.15, -0.1) is 0 Å². The molecule has 2 rings (SSSR count). The molecule has 2 heterocycles. The van der Waals surface area contributed by atoms with E-state index in [0.29, 0.717) is 11.8 Å². The van der Waals surface area contributed by atoms with Crippen LogP contribution in [0, 0.1) is 18.6 Å². The summed E-state index contributed by atoms with van der Waals surface area (Å²) in [4.78, 5) is 19.5. The van der Waals surface area contributed by atoms with E-state index in [4.69, 9.17) is 0 Å². The molecule has 2 aromatic rings. The van der Waals surface area contributed by atoms with Crippen molar-refractivity contribution >= 4 is 5.91 Å². The molecule has 4 nitrogen and oxygen atoms in total. The number of aryl methyl sites for hydroxylation is 1. The third-order valence-electron chi connectivity index (χ3n) is 2.83. The SMILES string of the molecule is Cc1cccnc1C(C)NC(=O)c1ncc(F)cc1F. The van der Waals surface area contributed by atoms with Gasteiger partial charge in [0.25, 0.3) is 5.91 Å². The van der Waals surface area contributed by atoms with E-state index in [0.717, 1.165) is 11.8 Å². The zero-order valence-corrected chi connectivity index (χ0v) is 11.0. The Hall–Kier alpha value is -2.37. The van der Waals surface area contributed by atoms with Gasteiger partial charge in [-0.25, -0.2) is 13.8 Å². The molecule has 0 bridgehead atoms. The van der Waals surface area contributed by atoms with Crippen molar-refractivity contribution in [1.82, 2.24) is 15.3 Å². The third-order valence-corrected chi connectivity index (χ3v) is 2.83. The van der Waals surface area contributed by atoms with Crippen LogP contribution in [0.25, 0.3) is 0 Å². The average molecular weight is 277 g/mol. The summed E-state index contributed by atoms with van der Waals surface area (Å²) in [7, 11) is 0. The number of amides is 1. The van der Waals surface area contributed by atoms with Crippen molar-refractivity contribution in [2.45, 2.75) is 19.9 Å². The molecule has 0 aliphatic heterocycles. The van der Waals surface area contributed by atoms with Crippen LogP contribution in [0.4, 0.5) is 8.78 Å². The predicted octanol–water partition coefficient (Wildman–Crippen LogP) is 2.55. The van der Waals surface area contributed by atoms with Crippen LogP contribution in [0.15, 0.2) is 30.6 Å². The molecule has 1 atom stereocenters. The second-order valence-corrected chi connectivity index (χ2v) is 4.38. The lowest BCUT2D eigenvalue weighted by Crippen LogP contribution is -2.29. The van der Waals surface area contributed by atoms with E-state index in [1.54, 1.807) is 19.2 Å². The Labute approximate surface area is 114 Å². The van der Waals surface area contributed by atoms with Gasteiger partial charge >= 0.3 is 0 Å². The molecule has 0 aliphatic carbocycles. The highest BCUT2D eigenvalue weighted by Gasteiger charge is 2.18. The first-order valence-corrected chi connectivity index (χ1v) is 6.02. The Morgan fingerprint density at radius 1 is 1.35 bits per heavy atom. The van der Waals surface area contributed by atoms with Gasteiger partial charge in [0.05, 0.1) is 17.9 Å². The number of carbonyl (C=O) groups is 1. The lowest BCUT2D eigenvalue weighted by atomic mass is 10.1. The first kappa shape index (κ1) is 14.0. The molecule has 0 aliphatic rings. The van der Waals surface area contributed by atoms with E-state index < -0.39 is 29.3 Å². The number of rotatable bonds is 3. The number of halogens is 2. The Kier molecular flexibility index (Phi) is 4.02. The Morgan fingerprint density at radius 2 is 2.10 bits per heavy atom. The summed E-state index contributed by atoms with van der Waals surface area (Å²) < 4.78 is 26.2. The minimum absolute atomic E-state index is 0.407. The maximum absolute atomic E-state index is 13.5. The summed E-state index contributed by atoms with van der Waals surface area (Å²) in [5, 5.41) is 2.59. The van der Waals surface area contributed by atoms with Crippen LogP contribution in [-0.4, -0.2) is 15.9 Å². The van der Waals surface area contributed by atoms with Gasteiger partial charge in [0.15, 0.2) is 11.5 Å². The standard InChI is InChI=1S/C14H13F2N3O/c1-8-4-3-5-17-12(8)9(2)19-14(20)13-11(16)6-10(15)7-18-13/h3-7,9H,1-2H3,(H,19,20). The molecule has 0 radical (unpaired) electrons. The number of aromatic nitrogens is 2. The lowest BCUT2D eigenvalue weighted by Gasteiger charge is -2.15. The number of pyridine rings is 2. The van der Waals surface area contributed by atoms with Crippen molar-refractivity contribution in [3.05, 3.63) is 59.2 Å². The van der Waals surface area contributed by atoms with E-state index in [1.165, 1.54) is 0 Å². The van der Waals surface area contributed by atoms with Gasteiger partial charge < -0.3 is 5.32 Å². The summed E-state index contributed by atoms with van der Waals surface area (Å²) in [6.45, 7) is 3.59. The van der Waals surface area contributed by atoms with Gasteiger partial charge in [0.1, 0.15) is 5.82 Å². The van der Waals surface area contributed by atoms with Crippen LogP contribution >= 0.6 is 0 Å². The van der Waals surface area contributed by atoms with Crippen LogP contribution in [-0.2, 0) is 0 Å². The van der Waals surface area contributed by atoms with Gasteiger partial charge in [-0.05, 0) is 25.5 Å². The van der Waals surface area contributed by atoms with Gasteiger partial charge in [0.2, 0.25) is 0 Å². The van der Waals surface area contributed by atoms with Gasteiger partial charge in [-0.2, -0.15) is 0 Å². The first-order chi connectivity index (χ1) is 9.49. The second-order valence-electron chi connectivity index (χ2n) is 4.38. The van der Waals surface area contributed by atoms with Crippen molar-refractivity contribution in [2.75, 3.05) is 0 Å². The normalized spacial score (nSPS) is 12.0. The Morgan fingerprint density at radius 3 is 2.75 bits per heavy atom. The summed E-state index contributed by atoms with van der Waals surface area (Å²) in [6.07, 6.45) is 2.41. The van der Waals surface area contributed by atoms with E-state index >= 15 is 0 Å². The topological polar surface area (TPSA) is 54.9 Å². The van der Waals surface area contributed by atoms with Crippen molar-refractivity contribution in [1.29, 1.82) is 0 Å². The number of nitrogens with one attached hydrogen (secondary N) is 1. The van der Waals surface area contributed by atoms with Gasteiger partial charge in [0, 0.05) is 12.3 Å². The number of nitrogens with zero attached hydrogens (tertiary/aromatic N) is 2. The number of hydrogen-bond donors (Lipinski definition) is 1. The molecule has 0 spiro atoms. The maximum atomic E-state index is 13.5. The van der Waals surface area contributed by atoms with E-state index in [1.807, 2.05) is 13.0 Å². The quantitative estimate of drug-likeness (QED) is 0.938. The highest BCUT2D eigenvalue weighted by molar-refractivity contribution is 5.92. The predicted molar refractivity (Wildman–Crippen MR) is 69.0 cm³/mol. The monoisotopic (exact) mass is 277 g/mol. The van der Waals surface area contributed by atoms with Crippen molar-refractivity contribution < 1.29 is 13.6 Å². The molecule has 2 aromatic heterocycles. The van der Waals surface area contributed by atoms with Crippen LogP contribution < -0.4 is 5.32 Å². The molecule has 0 fully saturated rings. The van der Waals surface area contributed by atoms with Crippen LogP contribution in [0.2, 0.25) is 0 Å². The molecule has 20 heavy (non-hydrogen) atoms. The molecule has 0 aromatic carbocycles. The maximum Gasteiger partial charge on any atom is 0.273 e. The van der Waals surface area contributed by atoms with E-state index in [2.05, 4.69) is 15.3 Å². The molecule has 6 heteroatoms. The first-order valence-electron chi connectivity index (χ1n) is 6.02. The van der Waals surface area contributed by atoms with Crippen LogP contribution in [0.1, 0.15) is 34.7 Å². The fourth-order valence-electron chi connectivity index (χ4n) is 1.87. The summed E-state index contributed by atoms with van der Waals surface area (Å²) in [6, 6.07) is 3.87. The summed E-state index contributed by atoms with van der Waals surface area (Å²) in [5.74, 6) is -2.53. The summed E-state index contributed by atoms with van der Waals surface area (Å²) >= 11 is 0. The molecule has 1 unspecified atom stereocenters. The highest BCUT2D eigenvalue weighted by atomic mass is 19.1. The fraction of sp³-hybridized carbons (Fsp3) is 0.214. The molecule has 0 saturated carbocycles. The van der Waals surface area contributed by atoms with Crippen LogP contribution in [0.3, 0.4) is 0 Å². The van der Waals surface area contributed by atoms with Crippen molar-refractivity contribution in [3.8, 4) is 0 Å². The average Bonchev–Trinajstić information content (AvgIpc) is 2.38. The van der Waals surface area contributed by atoms with E-state index in [-0.39, 0.29) is 0 Å². The lowest BCUT2D eigenvalue weighted by molar-refractivity contribution is 0.0929. The highest BCUT2D eigenvalue weighted by Crippen LogP contribution is 2.15. The zero-order valence-electron chi connectivity index (χ0n) is 11.0. The molecular formula is C14H13F2N3O. The minimum atomic E-state index is -0.993. The largest absolute Gasteiger partial charge is 0.343 e. The number of carbonyl (C=O) groups excluding carboxylic acids is 1. The minimum Gasteiger partial charge on any atom is -0.343 e. The molecular weight excluding hydrogens is 264 g/mol. The fourth-order valence-corrected chi connectivity index (χ4v) is 1.87. The second kappa shape index (κ2) is 5.73. The van der Waals surface area contributed by atoms with Crippen LogP contribution in [0.5, 0.6) is 0 Å². The van der Waals surface area contributed by atoms with Crippen molar-refractivity contribution in [3.63, 3.8) is 0 Å². The molecule has 104 valence electrons. The number of hydrogen-bond acceptors (Lipinski definition) is 3. The third kappa shape index (κ3) is 2.96. The molecule has 1 amide bonds. The van der Waals surface area contributed by atoms with Crippen molar-refractivity contribution in [2.24, 2.45) is 0 Å². The smallest absolute Gasteiger partial charge is 0.273 e.